The molecule has 1 aromatic heterocycles. The number of aromatic nitrogens is 2. The molecule has 1 heterocycles. The lowest BCUT2D eigenvalue weighted by Gasteiger charge is -2.34. The smallest absolute Gasteiger partial charge is 0.253 e. The van der Waals surface area contributed by atoms with Gasteiger partial charge in [0.1, 0.15) is 35.4 Å². The molecule has 4 rings (SSSR count). The minimum absolute atomic E-state index is 0.0453. The van der Waals surface area contributed by atoms with E-state index in [4.69, 9.17) is 9.47 Å². The standard InChI is InChI=1S/C30H33N5O4/c1-20(14-15-34(2)30(37)21-10-6-5-7-11-21)35(22-16-23(38-3)18-24(17-22)39-4)28(31)25(19-36)29-32-26-12-8-9-13-27(26)33-29/h5-13,16-20,25,31H,14-15H2,1-4H3,(H,32,33). The summed E-state index contributed by atoms with van der Waals surface area (Å²) in [5, 5.41) is 9.21. The van der Waals surface area contributed by atoms with E-state index in [0.717, 1.165) is 17.3 Å². The number of fused-ring (bicyclic) bond motifs is 1. The van der Waals surface area contributed by atoms with Crippen molar-refractivity contribution in [2.24, 2.45) is 0 Å². The van der Waals surface area contributed by atoms with Crippen molar-refractivity contribution in [3.8, 4) is 11.5 Å². The number of H-pyrrole nitrogens is 1. The van der Waals surface area contributed by atoms with Crippen molar-refractivity contribution in [3.05, 3.63) is 84.2 Å². The van der Waals surface area contributed by atoms with Crippen LogP contribution in [0.15, 0.2) is 72.8 Å². The zero-order valence-electron chi connectivity index (χ0n) is 22.5. The van der Waals surface area contributed by atoms with E-state index in [1.165, 1.54) is 0 Å². The molecule has 0 radical (unpaired) electrons. The van der Waals surface area contributed by atoms with Gasteiger partial charge < -0.3 is 29.1 Å². The number of rotatable bonds is 11. The molecule has 0 saturated heterocycles. The molecule has 4 aromatic rings. The van der Waals surface area contributed by atoms with Gasteiger partial charge in [-0.1, -0.05) is 30.3 Å². The van der Waals surface area contributed by atoms with E-state index in [0.29, 0.717) is 41.5 Å². The van der Waals surface area contributed by atoms with E-state index in [2.05, 4.69) is 9.97 Å². The monoisotopic (exact) mass is 527 g/mol. The average Bonchev–Trinajstić information content (AvgIpc) is 3.40. The Morgan fingerprint density at radius 1 is 1.03 bits per heavy atom. The van der Waals surface area contributed by atoms with Gasteiger partial charge in [-0.3, -0.25) is 10.2 Å². The molecule has 0 spiro atoms. The third kappa shape index (κ3) is 6.09. The van der Waals surface area contributed by atoms with Crippen molar-refractivity contribution in [1.82, 2.24) is 14.9 Å². The number of para-hydroxylation sites is 2. The van der Waals surface area contributed by atoms with Crippen LogP contribution < -0.4 is 14.4 Å². The Hall–Kier alpha value is -4.66. The quantitative estimate of drug-likeness (QED) is 0.163. The average molecular weight is 528 g/mol. The Balaban J connectivity index is 1.65. The van der Waals surface area contributed by atoms with Crippen LogP contribution in [0.25, 0.3) is 11.0 Å². The topological polar surface area (TPSA) is 112 Å². The van der Waals surface area contributed by atoms with Crippen LogP contribution in [0.4, 0.5) is 5.69 Å². The Kier molecular flexibility index (Phi) is 8.60. The lowest BCUT2D eigenvalue weighted by Crippen LogP contribution is -2.44. The fourth-order valence-corrected chi connectivity index (χ4v) is 4.50. The minimum atomic E-state index is -0.944. The van der Waals surface area contributed by atoms with Gasteiger partial charge in [-0.2, -0.15) is 0 Å². The Bertz CT molecular complexity index is 1400. The number of aldehydes is 1. The van der Waals surface area contributed by atoms with Crippen molar-refractivity contribution in [2.45, 2.75) is 25.3 Å². The normalized spacial score (nSPS) is 12.4. The maximum atomic E-state index is 12.9. The van der Waals surface area contributed by atoms with Gasteiger partial charge in [0.05, 0.1) is 25.3 Å². The summed E-state index contributed by atoms with van der Waals surface area (Å²) in [7, 11) is 4.88. The second-order valence-corrected chi connectivity index (χ2v) is 9.31. The Labute approximate surface area is 227 Å². The minimum Gasteiger partial charge on any atom is -0.497 e. The van der Waals surface area contributed by atoms with E-state index in [1.54, 1.807) is 61.4 Å². The molecule has 39 heavy (non-hydrogen) atoms. The number of nitrogens with zero attached hydrogens (tertiary/aromatic N) is 3. The summed E-state index contributed by atoms with van der Waals surface area (Å²) >= 11 is 0. The summed E-state index contributed by atoms with van der Waals surface area (Å²) < 4.78 is 11.0. The predicted molar refractivity (Wildman–Crippen MR) is 152 cm³/mol. The molecule has 0 aliphatic heterocycles. The number of nitrogens with one attached hydrogen (secondary N) is 2. The van der Waals surface area contributed by atoms with E-state index in [-0.39, 0.29) is 17.8 Å². The number of benzene rings is 3. The molecular formula is C30H33N5O4. The zero-order chi connectivity index (χ0) is 27.9. The van der Waals surface area contributed by atoms with E-state index >= 15 is 0 Å². The molecule has 0 bridgehead atoms. The molecule has 3 aromatic carbocycles. The summed E-state index contributed by atoms with van der Waals surface area (Å²) in [6, 6.07) is 21.7. The van der Waals surface area contributed by atoms with Crippen LogP contribution >= 0.6 is 0 Å². The largest absolute Gasteiger partial charge is 0.497 e. The summed E-state index contributed by atoms with van der Waals surface area (Å²) in [5.41, 5.74) is 2.75. The maximum Gasteiger partial charge on any atom is 0.253 e. The van der Waals surface area contributed by atoms with Gasteiger partial charge in [0.25, 0.3) is 5.91 Å². The number of amides is 1. The van der Waals surface area contributed by atoms with Crippen LogP contribution in [0.3, 0.4) is 0 Å². The third-order valence-corrected chi connectivity index (χ3v) is 6.70. The van der Waals surface area contributed by atoms with Gasteiger partial charge in [-0.05, 0) is 37.6 Å². The lowest BCUT2D eigenvalue weighted by atomic mass is 10.0. The number of amidine groups is 1. The van der Waals surface area contributed by atoms with Crippen molar-refractivity contribution >= 4 is 34.7 Å². The number of carbonyl (C=O) groups excluding carboxylic acids is 2. The summed E-state index contributed by atoms with van der Waals surface area (Å²) in [5.74, 6) is 0.513. The first kappa shape index (κ1) is 27.4. The molecule has 0 aliphatic rings. The predicted octanol–water partition coefficient (Wildman–Crippen LogP) is 4.90. The number of aromatic amines is 1. The first-order valence-corrected chi connectivity index (χ1v) is 12.7. The number of hydrogen-bond donors (Lipinski definition) is 2. The summed E-state index contributed by atoms with van der Waals surface area (Å²) in [6.07, 6.45) is 1.25. The SMILES string of the molecule is COc1cc(OC)cc(N(C(=N)C(C=O)c2nc3ccccc3[nH]2)C(C)CCN(C)C(=O)c2ccccc2)c1. The van der Waals surface area contributed by atoms with Crippen LogP contribution in [-0.2, 0) is 4.79 Å². The second-order valence-electron chi connectivity index (χ2n) is 9.31. The van der Waals surface area contributed by atoms with E-state index in [9.17, 15) is 15.0 Å². The van der Waals surface area contributed by atoms with Crippen LogP contribution in [-0.4, -0.2) is 66.8 Å². The van der Waals surface area contributed by atoms with Gasteiger partial charge in [-0.15, -0.1) is 0 Å². The molecule has 0 aliphatic carbocycles. The van der Waals surface area contributed by atoms with E-state index in [1.807, 2.05) is 49.4 Å². The Morgan fingerprint density at radius 3 is 2.28 bits per heavy atom. The highest BCUT2D eigenvalue weighted by molar-refractivity contribution is 6.08. The molecule has 1 amide bonds. The lowest BCUT2D eigenvalue weighted by molar-refractivity contribution is -0.108. The second kappa shape index (κ2) is 12.3. The highest BCUT2D eigenvalue weighted by atomic mass is 16.5. The fourth-order valence-electron chi connectivity index (χ4n) is 4.50. The van der Waals surface area contributed by atoms with Crippen LogP contribution in [0.5, 0.6) is 11.5 Å². The van der Waals surface area contributed by atoms with Gasteiger partial charge in [0.2, 0.25) is 0 Å². The molecule has 0 saturated carbocycles. The molecule has 202 valence electrons. The summed E-state index contributed by atoms with van der Waals surface area (Å²) in [4.78, 5) is 36.5. The highest BCUT2D eigenvalue weighted by Gasteiger charge is 2.30. The summed E-state index contributed by atoms with van der Waals surface area (Å²) in [6.45, 7) is 2.40. The third-order valence-electron chi connectivity index (χ3n) is 6.70. The molecule has 2 N–H and O–H groups in total. The Morgan fingerprint density at radius 2 is 1.67 bits per heavy atom. The van der Waals surface area contributed by atoms with Gasteiger partial charge in [-0.25, -0.2) is 4.98 Å². The van der Waals surface area contributed by atoms with E-state index < -0.39 is 5.92 Å². The molecule has 2 unspecified atom stereocenters. The van der Waals surface area contributed by atoms with Gasteiger partial charge in [0.15, 0.2) is 0 Å². The van der Waals surface area contributed by atoms with Crippen molar-refractivity contribution < 1.29 is 19.1 Å². The number of ether oxygens (including phenoxy) is 2. The van der Waals surface area contributed by atoms with Crippen molar-refractivity contribution in [3.63, 3.8) is 0 Å². The van der Waals surface area contributed by atoms with Crippen LogP contribution in [0, 0.1) is 5.41 Å². The van der Waals surface area contributed by atoms with Gasteiger partial charge in [0, 0.05) is 49.1 Å². The number of hydrogen-bond acceptors (Lipinski definition) is 6. The first-order chi connectivity index (χ1) is 18.9. The highest BCUT2D eigenvalue weighted by Crippen LogP contribution is 2.32. The number of methoxy groups -OCH3 is 2. The van der Waals surface area contributed by atoms with Crippen LogP contribution in [0.1, 0.15) is 35.4 Å². The maximum absolute atomic E-state index is 12.9. The van der Waals surface area contributed by atoms with Gasteiger partial charge >= 0.3 is 0 Å². The molecule has 2 atom stereocenters. The zero-order valence-corrected chi connectivity index (χ0v) is 22.5. The number of anilines is 1. The van der Waals surface area contributed by atoms with Crippen molar-refractivity contribution in [2.75, 3.05) is 32.7 Å². The molecular weight excluding hydrogens is 494 g/mol. The van der Waals surface area contributed by atoms with Crippen LogP contribution in [0.2, 0.25) is 0 Å². The van der Waals surface area contributed by atoms with Crippen molar-refractivity contribution in [1.29, 1.82) is 5.41 Å². The fraction of sp³-hybridized carbons (Fsp3) is 0.267. The first-order valence-electron chi connectivity index (χ1n) is 12.7. The number of imidazole rings is 1. The molecule has 9 nitrogen and oxygen atoms in total. The molecule has 9 heteroatoms. The number of carbonyl (C=O) groups is 2. The molecule has 0 fully saturated rings.